The zero-order valence-electron chi connectivity index (χ0n) is 25.5. The second-order valence-electron chi connectivity index (χ2n) is 11.2. The maximum Gasteiger partial charge on any atom is 0.303 e. The Morgan fingerprint density at radius 3 is 1.73 bits per heavy atom. The van der Waals surface area contributed by atoms with Gasteiger partial charge in [-0.25, -0.2) is 0 Å². The molecule has 0 aromatic carbocycles. The molecule has 2 amide bonds. The molecule has 10 nitrogen and oxygen atoms in total. The van der Waals surface area contributed by atoms with Crippen molar-refractivity contribution in [2.45, 2.75) is 72.0 Å². The molecule has 0 bridgehead atoms. The number of carbonyl (C=O) groups excluding carboxylic acids is 2. The summed E-state index contributed by atoms with van der Waals surface area (Å²) >= 11 is 4.56. The van der Waals surface area contributed by atoms with E-state index in [0.29, 0.717) is 29.0 Å². The second kappa shape index (κ2) is 13.0. The van der Waals surface area contributed by atoms with E-state index in [4.69, 9.17) is 0 Å². The molecular formula is C33H38N4O6S. The van der Waals surface area contributed by atoms with Gasteiger partial charge in [-0.05, 0) is 93.0 Å². The van der Waals surface area contributed by atoms with E-state index in [1.165, 1.54) is 6.08 Å². The number of aliphatic carboxylic acids is 2. The van der Waals surface area contributed by atoms with Gasteiger partial charge >= 0.3 is 11.9 Å². The number of allylic oxidation sites excluding steroid dienone is 2. The SMILES string of the molecule is C=CC1=C(C)/C(=C\c2[nH]c(Cc3[nH]c(/C=C4\NC(=O)C(C)=C4[C@H](C)S)c(C)c3CCC(=O)O)c(CCC(=O)O)c2C)NC1=O. The summed E-state index contributed by atoms with van der Waals surface area (Å²) < 4.78 is 0. The van der Waals surface area contributed by atoms with Gasteiger partial charge < -0.3 is 30.8 Å². The summed E-state index contributed by atoms with van der Waals surface area (Å²) in [5.41, 5.74) is 10.4. The molecule has 0 radical (unpaired) electrons. The molecule has 0 saturated carbocycles. The molecule has 0 spiro atoms. The van der Waals surface area contributed by atoms with Crippen LogP contribution in [0.3, 0.4) is 0 Å². The highest BCUT2D eigenvalue weighted by molar-refractivity contribution is 7.81. The van der Waals surface area contributed by atoms with Crippen LogP contribution in [-0.4, -0.2) is 49.2 Å². The molecule has 4 rings (SSSR count). The molecule has 0 fully saturated rings. The number of H-pyrrole nitrogens is 2. The number of rotatable bonds is 12. The first kappa shape index (κ1) is 32.4. The van der Waals surface area contributed by atoms with Gasteiger partial charge in [-0.2, -0.15) is 12.6 Å². The average Bonchev–Trinajstić information content (AvgIpc) is 3.59. The van der Waals surface area contributed by atoms with Crippen molar-refractivity contribution in [1.29, 1.82) is 0 Å². The van der Waals surface area contributed by atoms with E-state index in [1.807, 2.05) is 39.8 Å². The van der Waals surface area contributed by atoms with Crippen LogP contribution in [0.25, 0.3) is 12.2 Å². The van der Waals surface area contributed by atoms with E-state index in [0.717, 1.165) is 56.2 Å². The first-order valence-electron chi connectivity index (χ1n) is 14.4. The van der Waals surface area contributed by atoms with Crippen molar-refractivity contribution in [3.05, 3.63) is 91.4 Å². The summed E-state index contributed by atoms with van der Waals surface area (Å²) in [5.74, 6) is -2.25. The van der Waals surface area contributed by atoms with Crippen LogP contribution in [-0.2, 0) is 38.4 Å². The molecule has 2 aromatic heterocycles. The van der Waals surface area contributed by atoms with Crippen LogP contribution in [0.2, 0.25) is 0 Å². The highest BCUT2D eigenvalue weighted by Gasteiger charge is 2.28. The molecule has 44 heavy (non-hydrogen) atoms. The van der Waals surface area contributed by atoms with Crippen LogP contribution in [0, 0.1) is 13.8 Å². The molecule has 2 aromatic rings. The summed E-state index contributed by atoms with van der Waals surface area (Å²) in [5, 5.41) is 24.5. The molecule has 2 aliphatic rings. The standard InChI is InChI=1S/C33H38N4O6S/c1-7-20-15(2)25(36-33(20)43)12-23-16(3)21(8-10-29(38)39)26(34-23)14-27-22(9-11-30(40)41)17(4)24(35-27)13-28-31(19(6)44)18(5)32(42)37-28/h7,12-13,19,34-35,44H,1,8-11,14H2,2-6H3,(H,36,43)(H,37,42)(H,38,39)(H,40,41)/b25-12+,28-13-/t19-/m0/s1. The number of hydrogen-bond donors (Lipinski definition) is 7. The quantitative estimate of drug-likeness (QED) is 0.171. The van der Waals surface area contributed by atoms with Crippen molar-refractivity contribution in [3.8, 4) is 0 Å². The minimum absolute atomic E-state index is 0.0684. The Morgan fingerprint density at radius 2 is 1.30 bits per heavy atom. The highest BCUT2D eigenvalue weighted by atomic mass is 32.1. The Bertz CT molecular complexity index is 1710. The normalized spacial score (nSPS) is 17.6. The Hall–Kier alpha value is -4.51. The van der Waals surface area contributed by atoms with E-state index in [-0.39, 0.29) is 42.7 Å². The van der Waals surface area contributed by atoms with Gasteiger partial charge in [0, 0.05) is 69.8 Å². The number of carboxylic acids is 2. The Balaban J connectivity index is 1.81. The van der Waals surface area contributed by atoms with Gasteiger partial charge in [0.25, 0.3) is 11.8 Å². The van der Waals surface area contributed by atoms with Crippen LogP contribution < -0.4 is 10.6 Å². The third-order valence-corrected chi connectivity index (χ3v) is 8.59. The molecular weight excluding hydrogens is 580 g/mol. The summed E-state index contributed by atoms with van der Waals surface area (Å²) in [7, 11) is 0. The molecule has 0 aliphatic carbocycles. The summed E-state index contributed by atoms with van der Waals surface area (Å²) in [4.78, 5) is 54.8. The van der Waals surface area contributed by atoms with Gasteiger partial charge in [-0.15, -0.1) is 0 Å². The van der Waals surface area contributed by atoms with Crippen molar-refractivity contribution in [2.24, 2.45) is 0 Å². The monoisotopic (exact) mass is 618 g/mol. The molecule has 0 saturated heterocycles. The van der Waals surface area contributed by atoms with Crippen molar-refractivity contribution in [3.63, 3.8) is 0 Å². The lowest BCUT2D eigenvalue weighted by atomic mass is 9.98. The molecule has 0 unspecified atom stereocenters. The van der Waals surface area contributed by atoms with Crippen LogP contribution >= 0.6 is 12.6 Å². The molecule has 1 atom stereocenters. The minimum atomic E-state index is -0.920. The Morgan fingerprint density at radius 1 is 0.818 bits per heavy atom. The van der Waals surface area contributed by atoms with Gasteiger partial charge in [0.05, 0.1) is 0 Å². The van der Waals surface area contributed by atoms with Crippen molar-refractivity contribution < 1.29 is 29.4 Å². The molecule has 6 N–H and O–H groups in total. The van der Waals surface area contributed by atoms with Crippen molar-refractivity contribution >= 4 is 48.5 Å². The van der Waals surface area contributed by atoms with E-state index in [2.05, 4.69) is 39.8 Å². The van der Waals surface area contributed by atoms with Gasteiger partial charge in [-0.3, -0.25) is 19.2 Å². The number of amides is 2. The summed E-state index contributed by atoms with van der Waals surface area (Å²) in [6.07, 6.45) is 6.00. The van der Waals surface area contributed by atoms with Crippen molar-refractivity contribution in [2.75, 3.05) is 0 Å². The third-order valence-electron chi connectivity index (χ3n) is 8.33. The van der Waals surface area contributed by atoms with Crippen LogP contribution in [0.5, 0.6) is 0 Å². The van der Waals surface area contributed by atoms with Crippen LogP contribution in [0.15, 0.2) is 46.3 Å². The second-order valence-corrected chi connectivity index (χ2v) is 12.0. The number of carboxylic acid groups (broad SMARTS) is 2. The van der Waals surface area contributed by atoms with Gasteiger partial charge in [-0.1, -0.05) is 12.7 Å². The number of thiol groups is 1. The number of aromatic amines is 2. The fourth-order valence-corrected chi connectivity index (χ4v) is 6.22. The third kappa shape index (κ3) is 6.52. The summed E-state index contributed by atoms with van der Waals surface area (Å²) in [6.45, 7) is 13.0. The van der Waals surface area contributed by atoms with Gasteiger partial charge in [0.15, 0.2) is 0 Å². The lowest BCUT2D eigenvalue weighted by Gasteiger charge is -2.09. The van der Waals surface area contributed by atoms with E-state index >= 15 is 0 Å². The minimum Gasteiger partial charge on any atom is -0.481 e. The molecule has 11 heteroatoms. The number of nitrogens with one attached hydrogen (secondary N) is 4. The fraction of sp³-hybridized carbons (Fsp3) is 0.333. The smallest absolute Gasteiger partial charge is 0.303 e. The zero-order valence-corrected chi connectivity index (χ0v) is 26.4. The Kier molecular flexibility index (Phi) is 9.58. The van der Waals surface area contributed by atoms with Crippen LogP contribution in [0.1, 0.15) is 78.6 Å². The lowest BCUT2D eigenvalue weighted by molar-refractivity contribution is -0.138. The maximum absolute atomic E-state index is 12.4. The fourth-order valence-electron chi connectivity index (χ4n) is 5.89. The first-order chi connectivity index (χ1) is 20.7. The topological polar surface area (TPSA) is 164 Å². The summed E-state index contributed by atoms with van der Waals surface area (Å²) in [6, 6.07) is 0. The van der Waals surface area contributed by atoms with Crippen molar-refractivity contribution in [1.82, 2.24) is 20.6 Å². The number of carbonyl (C=O) groups is 4. The Labute approximate surface area is 261 Å². The average molecular weight is 619 g/mol. The van der Waals surface area contributed by atoms with Gasteiger partial charge in [0.2, 0.25) is 0 Å². The number of hydrogen-bond acceptors (Lipinski definition) is 5. The largest absolute Gasteiger partial charge is 0.481 e. The molecule has 2 aliphatic heterocycles. The lowest BCUT2D eigenvalue weighted by Crippen LogP contribution is -2.16. The van der Waals surface area contributed by atoms with E-state index in [1.54, 1.807) is 6.92 Å². The van der Waals surface area contributed by atoms with Crippen LogP contribution in [0.4, 0.5) is 0 Å². The first-order valence-corrected chi connectivity index (χ1v) is 14.9. The van der Waals surface area contributed by atoms with Gasteiger partial charge in [0.1, 0.15) is 0 Å². The zero-order chi connectivity index (χ0) is 32.5. The number of aromatic nitrogens is 2. The predicted molar refractivity (Wildman–Crippen MR) is 172 cm³/mol. The molecule has 232 valence electrons. The molecule has 4 heterocycles. The van der Waals surface area contributed by atoms with E-state index in [9.17, 15) is 29.4 Å². The maximum atomic E-state index is 12.4. The highest BCUT2D eigenvalue weighted by Crippen LogP contribution is 2.32. The predicted octanol–water partition coefficient (Wildman–Crippen LogP) is 4.66. The van der Waals surface area contributed by atoms with E-state index < -0.39 is 11.9 Å².